The van der Waals surface area contributed by atoms with Crippen LogP contribution in [0.25, 0.3) is 0 Å². The third-order valence-corrected chi connectivity index (χ3v) is 3.11. The summed E-state index contributed by atoms with van der Waals surface area (Å²) in [6.07, 6.45) is 11.6. The van der Waals surface area contributed by atoms with Gasteiger partial charge in [0.25, 0.3) is 0 Å². The molecule has 0 heterocycles. The third-order valence-electron chi connectivity index (χ3n) is 3.11. The minimum Gasteiger partial charge on any atom is -0.481 e. The zero-order valence-electron chi connectivity index (χ0n) is 10.7. The van der Waals surface area contributed by atoms with Gasteiger partial charge in [0.2, 0.25) is 0 Å². The normalized spacial score (nSPS) is 22.7. The average Bonchev–Trinajstić information content (AvgIpc) is 2.29. The second-order valence-electron chi connectivity index (χ2n) is 4.64. The van der Waals surface area contributed by atoms with Crippen molar-refractivity contribution in [2.75, 3.05) is 0 Å². The Morgan fingerprint density at radius 1 is 1.28 bits per heavy atom. The van der Waals surface area contributed by atoms with E-state index in [4.69, 9.17) is 0 Å². The number of hydrogen-bond donors (Lipinski definition) is 1. The van der Waals surface area contributed by atoms with Crippen LogP contribution in [0.4, 0.5) is 0 Å². The number of aliphatic carboxylic acids is 1. The number of carboxylic acid groups (broad SMARTS) is 1. The minimum absolute atomic E-state index is 0.442. The highest BCUT2D eigenvalue weighted by Gasteiger charge is 2.37. The van der Waals surface area contributed by atoms with E-state index in [9.17, 15) is 9.90 Å². The highest BCUT2D eigenvalue weighted by Crippen LogP contribution is 2.40. The summed E-state index contributed by atoms with van der Waals surface area (Å²) in [5.74, 6) is -0.793. The number of carbonyl (C=O) groups is 1. The first-order valence-electron chi connectivity index (χ1n) is 6.05. The maximum Gasteiger partial charge on any atom is 0.314 e. The fourth-order valence-corrected chi connectivity index (χ4v) is 2.38. The molecule has 2 nitrogen and oxygen atoms in total. The van der Waals surface area contributed by atoms with Crippen LogP contribution < -0.4 is 0 Å². The summed E-state index contributed by atoms with van der Waals surface area (Å²) in [6.45, 7) is 11.1. The quantitative estimate of drug-likeness (QED) is 0.686. The van der Waals surface area contributed by atoms with E-state index in [2.05, 4.69) is 25.8 Å². The van der Waals surface area contributed by atoms with Crippen LogP contribution in [0.2, 0.25) is 0 Å². The Morgan fingerprint density at radius 3 is 2.44 bits per heavy atom. The van der Waals surface area contributed by atoms with Crippen molar-refractivity contribution in [2.45, 2.75) is 25.7 Å². The zero-order chi connectivity index (χ0) is 13.6. The van der Waals surface area contributed by atoms with E-state index < -0.39 is 11.4 Å². The molecule has 0 radical (unpaired) electrons. The predicted octanol–water partition coefficient (Wildman–Crippen LogP) is 4.04. The molecular formula is C16H20O2. The Morgan fingerprint density at radius 2 is 1.94 bits per heavy atom. The Kier molecular flexibility index (Phi) is 4.90. The van der Waals surface area contributed by atoms with E-state index in [0.29, 0.717) is 19.3 Å². The standard InChI is InChI=1S/C16H20O2/c1-4-7-13-10-14(8-5-2)12-16(11-13,9-6-3)15(17)18/h4-6,10-11H,1-3,7-9,12H2,(H,17,18). The van der Waals surface area contributed by atoms with Crippen molar-refractivity contribution in [1.29, 1.82) is 0 Å². The van der Waals surface area contributed by atoms with E-state index in [1.54, 1.807) is 12.2 Å². The molecule has 0 bridgehead atoms. The second-order valence-corrected chi connectivity index (χ2v) is 4.64. The van der Waals surface area contributed by atoms with Crippen molar-refractivity contribution in [2.24, 2.45) is 5.41 Å². The van der Waals surface area contributed by atoms with E-state index in [1.807, 2.05) is 12.2 Å². The first kappa shape index (κ1) is 14.2. The largest absolute Gasteiger partial charge is 0.481 e. The van der Waals surface area contributed by atoms with E-state index in [1.165, 1.54) is 0 Å². The van der Waals surface area contributed by atoms with Gasteiger partial charge in [0.05, 0.1) is 5.41 Å². The average molecular weight is 244 g/mol. The fourth-order valence-electron chi connectivity index (χ4n) is 2.38. The summed E-state index contributed by atoms with van der Waals surface area (Å²) in [6, 6.07) is 0. The molecule has 1 atom stereocenters. The molecule has 0 amide bonds. The molecule has 0 aromatic carbocycles. The van der Waals surface area contributed by atoms with Crippen LogP contribution >= 0.6 is 0 Å². The molecule has 1 aliphatic carbocycles. The molecule has 0 spiro atoms. The Bertz CT molecular complexity index is 426. The van der Waals surface area contributed by atoms with E-state index in [0.717, 1.165) is 17.6 Å². The topological polar surface area (TPSA) is 37.3 Å². The van der Waals surface area contributed by atoms with Gasteiger partial charge in [-0.3, -0.25) is 4.79 Å². The van der Waals surface area contributed by atoms with Crippen molar-refractivity contribution in [3.63, 3.8) is 0 Å². The summed E-state index contributed by atoms with van der Waals surface area (Å²) >= 11 is 0. The maximum atomic E-state index is 11.6. The molecule has 0 saturated heterocycles. The van der Waals surface area contributed by atoms with Crippen LogP contribution in [0.15, 0.2) is 61.3 Å². The Balaban J connectivity index is 3.16. The summed E-state index contributed by atoms with van der Waals surface area (Å²) in [5.41, 5.74) is 1.26. The van der Waals surface area contributed by atoms with Crippen molar-refractivity contribution >= 4 is 5.97 Å². The van der Waals surface area contributed by atoms with Crippen LogP contribution in [-0.4, -0.2) is 11.1 Å². The molecule has 1 N–H and O–H groups in total. The molecule has 1 aliphatic rings. The molecule has 0 aromatic rings. The molecular weight excluding hydrogens is 224 g/mol. The molecule has 0 aromatic heterocycles. The smallest absolute Gasteiger partial charge is 0.314 e. The van der Waals surface area contributed by atoms with Gasteiger partial charge in [-0.25, -0.2) is 0 Å². The lowest BCUT2D eigenvalue weighted by atomic mass is 9.73. The van der Waals surface area contributed by atoms with Gasteiger partial charge in [-0.2, -0.15) is 0 Å². The number of rotatable bonds is 7. The Hall–Kier alpha value is -1.83. The molecule has 2 heteroatoms. The summed E-state index contributed by atoms with van der Waals surface area (Å²) in [4.78, 5) is 11.6. The number of carboxylic acids is 1. The molecule has 0 aliphatic heterocycles. The van der Waals surface area contributed by atoms with Gasteiger partial charge in [0.1, 0.15) is 0 Å². The van der Waals surface area contributed by atoms with E-state index >= 15 is 0 Å². The summed E-state index contributed by atoms with van der Waals surface area (Å²) < 4.78 is 0. The molecule has 1 rings (SSSR count). The predicted molar refractivity (Wildman–Crippen MR) is 75.3 cm³/mol. The van der Waals surface area contributed by atoms with Crippen LogP contribution in [0.1, 0.15) is 25.7 Å². The lowest BCUT2D eigenvalue weighted by molar-refractivity contribution is -0.146. The number of allylic oxidation sites excluding steroid dienone is 6. The molecule has 1 unspecified atom stereocenters. The van der Waals surface area contributed by atoms with E-state index in [-0.39, 0.29) is 0 Å². The zero-order valence-corrected chi connectivity index (χ0v) is 10.7. The van der Waals surface area contributed by atoms with Gasteiger partial charge in [-0.15, -0.1) is 19.7 Å². The Labute approximate surface area is 109 Å². The second kappa shape index (κ2) is 6.20. The van der Waals surface area contributed by atoms with Crippen molar-refractivity contribution in [3.05, 3.63) is 61.3 Å². The van der Waals surface area contributed by atoms with Crippen LogP contribution in [0.5, 0.6) is 0 Å². The monoisotopic (exact) mass is 244 g/mol. The minimum atomic E-state index is -0.854. The maximum absolute atomic E-state index is 11.6. The first-order chi connectivity index (χ1) is 8.57. The van der Waals surface area contributed by atoms with Crippen molar-refractivity contribution < 1.29 is 9.90 Å². The molecule has 0 fully saturated rings. The summed E-state index contributed by atoms with van der Waals surface area (Å²) in [5, 5.41) is 9.52. The molecule has 18 heavy (non-hydrogen) atoms. The van der Waals surface area contributed by atoms with Gasteiger partial charge in [-0.05, 0) is 31.3 Å². The first-order valence-corrected chi connectivity index (χ1v) is 6.05. The summed E-state index contributed by atoms with van der Waals surface area (Å²) in [7, 11) is 0. The van der Waals surface area contributed by atoms with Gasteiger partial charge in [0.15, 0.2) is 0 Å². The van der Waals surface area contributed by atoms with Gasteiger partial charge in [0, 0.05) is 0 Å². The van der Waals surface area contributed by atoms with Crippen LogP contribution in [0.3, 0.4) is 0 Å². The van der Waals surface area contributed by atoms with Gasteiger partial charge < -0.3 is 5.11 Å². The van der Waals surface area contributed by atoms with Gasteiger partial charge >= 0.3 is 5.97 Å². The fraction of sp³-hybridized carbons (Fsp3) is 0.312. The van der Waals surface area contributed by atoms with Crippen molar-refractivity contribution in [1.82, 2.24) is 0 Å². The van der Waals surface area contributed by atoms with Crippen LogP contribution in [-0.2, 0) is 4.79 Å². The molecule has 0 saturated carbocycles. The van der Waals surface area contributed by atoms with Crippen molar-refractivity contribution in [3.8, 4) is 0 Å². The number of hydrogen-bond acceptors (Lipinski definition) is 1. The van der Waals surface area contributed by atoms with Crippen LogP contribution in [0, 0.1) is 5.41 Å². The highest BCUT2D eigenvalue weighted by atomic mass is 16.4. The van der Waals surface area contributed by atoms with Gasteiger partial charge in [-0.1, -0.05) is 36.0 Å². The lowest BCUT2D eigenvalue weighted by Crippen LogP contribution is -2.31. The molecule has 96 valence electrons. The SMILES string of the molecule is C=CCC1=CC(CC=C)(C(=O)O)CC(CC=C)=C1. The third kappa shape index (κ3) is 3.10. The highest BCUT2D eigenvalue weighted by molar-refractivity contribution is 5.79. The lowest BCUT2D eigenvalue weighted by Gasteiger charge is -2.30.